The molecule has 0 heterocycles. The van der Waals surface area contributed by atoms with Crippen LogP contribution in [0.1, 0.15) is 17.2 Å². The number of phenolic OH excluding ortho intramolecular Hbond substituents is 1. The van der Waals surface area contributed by atoms with E-state index in [2.05, 4.69) is 42.4 Å². The molecule has 0 fully saturated rings. The number of aromatic hydroxyl groups is 1. The van der Waals surface area contributed by atoms with Gasteiger partial charge in [0.15, 0.2) is 6.10 Å². The Bertz CT molecular complexity index is 721. The lowest BCUT2D eigenvalue weighted by molar-refractivity contribution is -0.131. The summed E-state index contributed by atoms with van der Waals surface area (Å²) >= 11 is 6.56. The van der Waals surface area contributed by atoms with E-state index in [1.54, 1.807) is 24.3 Å². The maximum absolute atomic E-state index is 12.2. The van der Waals surface area contributed by atoms with E-state index in [0.717, 1.165) is 10.0 Å². The van der Waals surface area contributed by atoms with Gasteiger partial charge in [0.1, 0.15) is 5.75 Å². The van der Waals surface area contributed by atoms with Crippen molar-refractivity contribution >= 4 is 44.0 Å². The third kappa shape index (κ3) is 4.63. The van der Waals surface area contributed by atoms with E-state index < -0.39 is 12.0 Å². The van der Waals surface area contributed by atoms with E-state index >= 15 is 0 Å². The van der Waals surface area contributed by atoms with Crippen LogP contribution in [0.2, 0.25) is 0 Å². The van der Waals surface area contributed by atoms with Crippen LogP contribution in [0.15, 0.2) is 56.5 Å². The lowest BCUT2D eigenvalue weighted by Crippen LogP contribution is -2.26. The number of benzene rings is 2. The number of amides is 1. The third-order valence-corrected chi connectivity index (χ3v) is 4.07. The van der Waals surface area contributed by atoms with Crippen LogP contribution in [0.4, 0.5) is 0 Å². The summed E-state index contributed by atoms with van der Waals surface area (Å²) in [5.74, 6) is -0.360. The summed E-state index contributed by atoms with van der Waals surface area (Å²) < 4.78 is 6.51. The molecule has 1 amide bonds. The van der Waals surface area contributed by atoms with Crippen molar-refractivity contribution in [2.24, 2.45) is 5.10 Å². The number of hydrogen-bond donors (Lipinski definition) is 2. The minimum absolute atomic E-state index is 0.0394. The van der Waals surface area contributed by atoms with Gasteiger partial charge in [-0.15, -0.1) is 0 Å². The van der Waals surface area contributed by atoms with Gasteiger partial charge in [0.05, 0.1) is 10.7 Å². The number of methoxy groups -OCH3 is 1. The molecule has 0 aromatic heterocycles. The van der Waals surface area contributed by atoms with Gasteiger partial charge < -0.3 is 9.84 Å². The molecule has 2 rings (SSSR count). The van der Waals surface area contributed by atoms with Crippen LogP contribution in [-0.2, 0) is 9.53 Å². The molecule has 5 nitrogen and oxygen atoms in total. The molecule has 0 saturated heterocycles. The summed E-state index contributed by atoms with van der Waals surface area (Å²) in [4.78, 5) is 12.2. The number of phenols is 1. The zero-order valence-corrected chi connectivity index (χ0v) is 15.3. The van der Waals surface area contributed by atoms with Crippen molar-refractivity contribution < 1.29 is 14.6 Å². The molecule has 0 spiro atoms. The Kier molecular flexibility index (Phi) is 6.32. The molecule has 0 saturated carbocycles. The molecular formula is C16H14Br2N2O3. The largest absolute Gasteiger partial charge is 0.506 e. The maximum atomic E-state index is 12.2. The summed E-state index contributed by atoms with van der Waals surface area (Å²) in [6, 6.07) is 12.5. The standard InChI is InChI=1S/C16H14Br2N2O3/c1-23-15(10-5-3-2-4-6-10)16(22)20-19-9-11-7-12(17)8-13(18)14(11)21/h2-9,15,21H,1H3,(H,20,22)/b19-9-/t15-/m1/s1. The second-order valence-electron chi connectivity index (χ2n) is 4.59. The molecule has 0 unspecified atom stereocenters. The topological polar surface area (TPSA) is 70.9 Å². The molecule has 0 bridgehead atoms. The average molecular weight is 442 g/mol. The number of ether oxygens (including phenoxy) is 1. The number of carbonyl (C=O) groups is 1. The lowest BCUT2D eigenvalue weighted by atomic mass is 10.1. The molecule has 2 aromatic rings. The highest BCUT2D eigenvalue weighted by molar-refractivity contribution is 9.11. The first-order chi connectivity index (χ1) is 11.0. The van der Waals surface area contributed by atoms with Gasteiger partial charge in [-0.3, -0.25) is 4.79 Å². The van der Waals surface area contributed by atoms with Crippen molar-refractivity contribution in [2.75, 3.05) is 7.11 Å². The van der Waals surface area contributed by atoms with Gasteiger partial charge in [0.2, 0.25) is 0 Å². The molecule has 0 aliphatic rings. The smallest absolute Gasteiger partial charge is 0.273 e. The number of hydrogen-bond acceptors (Lipinski definition) is 4. The van der Waals surface area contributed by atoms with Gasteiger partial charge in [-0.05, 0) is 33.6 Å². The number of rotatable bonds is 5. The summed E-state index contributed by atoms with van der Waals surface area (Å²) in [7, 11) is 1.46. The van der Waals surface area contributed by atoms with E-state index in [9.17, 15) is 9.90 Å². The van der Waals surface area contributed by atoms with Crippen LogP contribution in [0.3, 0.4) is 0 Å². The van der Waals surface area contributed by atoms with E-state index in [1.165, 1.54) is 13.3 Å². The normalized spacial score (nSPS) is 12.3. The lowest BCUT2D eigenvalue weighted by Gasteiger charge is -2.13. The quantitative estimate of drug-likeness (QED) is 0.548. The predicted molar refractivity (Wildman–Crippen MR) is 95.4 cm³/mol. The molecule has 0 aliphatic heterocycles. The van der Waals surface area contributed by atoms with Crippen LogP contribution in [0, 0.1) is 0 Å². The van der Waals surface area contributed by atoms with Crippen molar-refractivity contribution in [3.8, 4) is 5.75 Å². The molecule has 1 atom stereocenters. The Morgan fingerprint density at radius 3 is 2.65 bits per heavy atom. The molecule has 120 valence electrons. The highest BCUT2D eigenvalue weighted by Gasteiger charge is 2.19. The molecule has 2 aromatic carbocycles. The first-order valence-electron chi connectivity index (χ1n) is 6.61. The number of carbonyl (C=O) groups excluding carboxylic acids is 1. The fourth-order valence-electron chi connectivity index (χ4n) is 1.93. The Balaban J connectivity index is 2.09. The number of nitrogens with one attached hydrogen (secondary N) is 1. The van der Waals surface area contributed by atoms with Gasteiger partial charge in [0, 0.05) is 17.1 Å². The Morgan fingerprint density at radius 1 is 1.30 bits per heavy atom. The van der Waals surface area contributed by atoms with E-state index in [4.69, 9.17) is 4.74 Å². The zero-order valence-electron chi connectivity index (χ0n) is 12.2. The van der Waals surface area contributed by atoms with Crippen molar-refractivity contribution in [3.63, 3.8) is 0 Å². The SMILES string of the molecule is CO[C@@H](C(=O)N/N=C\c1cc(Br)cc(Br)c1O)c1ccccc1. The van der Waals surface area contributed by atoms with Crippen LogP contribution in [-0.4, -0.2) is 24.3 Å². The molecule has 0 aliphatic carbocycles. The molecular weight excluding hydrogens is 428 g/mol. The minimum atomic E-state index is -0.754. The summed E-state index contributed by atoms with van der Waals surface area (Å²) in [6.07, 6.45) is 0.608. The molecule has 0 radical (unpaired) electrons. The minimum Gasteiger partial charge on any atom is -0.506 e. The average Bonchev–Trinajstić information content (AvgIpc) is 2.53. The van der Waals surface area contributed by atoms with Crippen LogP contribution in [0.5, 0.6) is 5.75 Å². The summed E-state index contributed by atoms with van der Waals surface area (Å²) in [5.41, 5.74) is 3.60. The van der Waals surface area contributed by atoms with Crippen molar-refractivity contribution in [3.05, 3.63) is 62.5 Å². The number of nitrogens with zero attached hydrogens (tertiary/aromatic N) is 1. The van der Waals surface area contributed by atoms with Gasteiger partial charge in [-0.25, -0.2) is 5.43 Å². The van der Waals surface area contributed by atoms with Crippen molar-refractivity contribution in [1.29, 1.82) is 0 Å². The molecule has 7 heteroatoms. The Labute approximate surface area is 150 Å². The predicted octanol–water partition coefficient (Wildman–Crippen LogP) is 3.76. The van der Waals surface area contributed by atoms with Crippen molar-refractivity contribution in [2.45, 2.75) is 6.10 Å². The highest BCUT2D eigenvalue weighted by Crippen LogP contribution is 2.30. The Morgan fingerprint density at radius 2 is 2.00 bits per heavy atom. The number of hydrazone groups is 1. The second-order valence-corrected chi connectivity index (χ2v) is 6.36. The molecule has 23 heavy (non-hydrogen) atoms. The Hall–Kier alpha value is -1.70. The van der Waals surface area contributed by atoms with Gasteiger partial charge >= 0.3 is 0 Å². The van der Waals surface area contributed by atoms with Gasteiger partial charge in [0.25, 0.3) is 5.91 Å². The van der Waals surface area contributed by atoms with Gasteiger partial charge in [-0.2, -0.15) is 5.10 Å². The number of halogens is 2. The summed E-state index contributed by atoms with van der Waals surface area (Å²) in [5, 5.41) is 13.8. The first kappa shape index (κ1) is 17.7. The van der Waals surface area contributed by atoms with Crippen LogP contribution in [0.25, 0.3) is 0 Å². The third-order valence-electron chi connectivity index (χ3n) is 3.01. The van der Waals surface area contributed by atoms with Gasteiger partial charge in [-0.1, -0.05) is 46.3 Å². The van der Waals surface area contributed by atoms with Crippen molar-refractivity contribution in [1.82, 2.24) is 5.43 Å². The van der Waals surface area contributed by atoms with Crippen LogP contribution >= 0.6 is 31.9 Å². The highest BCUT2D eigenvalue weighted by atomic mass is 79.9. The first-order valence-corrected chi connectivity index (χ1v) is 8.20. The fraction of sp³-hybridized carbons (Fsp3) is 0.125. The monoisotopic (exact) mass is 440 g/mol. The second kappa shape index (κ2) is 8.24. The van der Waals surface area contributed by atoms with E-state index in [1.807, 2.05) is 18.2 Å². The molecule has 2 N–H and O–H groups in total. The fourth-order valence-corrected chi connectivity index (χ4v) is 3.19. The maximum Gasteiger partial charge on any atom is 0.273 e. The zero-order chi connectivity index (χ0) is 16.8. The van der Waals surface area contributed by atoms with Crippen LogP contribution < -0.4 is 5.43 Å². The summed E-state index contributed by atoms with van der Waals surface area (Å²) in [6.45, 7) is 0. The van der Waals surface area contributed by atoms with E-state index in [-0.39, 0.29) is 5.75 Å². The van der Waals surface area contributed by atoms with E-state index in [0.29, 0.717) is 10.0 Å².